The number of hydrogen-bond donors (Lipinski definition) is 1. The molecule has 0 atom stereocenters. The van der Waals surface area contributed by atoms with Crippen LogP contribution >= 0.6 is 0 Å². The van der Waals surface area contributed by atoms with Crippen LogP contribution in [0.1, 0.15) is 15.9 Å². The summed E-state index contributed by atoms with van der Waals surface area (Å²) in [5.41, 5.74) is 4.86. The van der Waals surface area contributed by atoms with Crippen LogP contribution in [0.15, 0.2) is 18.2 Å². The molecule has 1 rings (SSSR count). The highest BCUT2D eigenvalue weighted by Gasteiger charge is 2.14. The summed E-state index contributed by atoms with van der Waals surface area (Å²) in [7, 11) is 3.28. The Balaban J connectivity index is 0.00000196. The van der Waals surface area contributed by atoms with Crippen LogP contribution in [0, 0.1) is 5.82 Å². The van der Waals surface area contributed by atoms with Crippen molar-refractivity contribution in [1.82, 2.24) is 4.90 Å². The SMILES string of the molecule is CN(C)C(=O)c1cc(F)ccc1C[NH3+].[Cl-]. The van der Waals surface area contributed by atoms with Gasteiger partial charge in [-0.15, -0.1) is 0 Å². The standard InChI is InChI=1S/C10H13FN2O.ClH/c1-13(2)10(14)9-5-8(11)4-3-7(9)6-12;/h3-5H,6,12H2,1-2H3;1H. The quantitative estimate of drug-likeness (QED) is 0.592. The lowest BCUT2D eigenvalue weighted by Gasteiger charge is -2.12. The minimum absolute atomic E-state index is 0. The summed E-state index contributed by atoms with van der Waals surface area (Å²) in [6.07, 6.45) is 0. The zero-order valence-corrected chi connectivity index (χ0v) is 9.51. The molecule has 0 spiro atoms. The first kappa shape index (κ1) is 13.9. The fourth-order valence-electron chi connectivity index (χ4n) is 1.21. The average Bonchev–Trinajstić information content (AvgIpc) is 2.16. The average molecular weight is 233 g/mol. The number of nitrogens with zero attached hydrogens (tertiary/aromatic N) is 1. The van der Waals surface area contributed by atoms with E-state index in [1.165, 1.54) is 17.0 Å². The molecule has 3 nitrogen and oxygen atoms in total. The fraction of sp³-hybridized carbons (Fsp3) is 0.300. The highest BCUT2D eigenvalue weighted by atomic mass is 35.5. The van der Waals surface area contributed by atoms with E-state index >= 15 is 0 Å². The Labute approximate surface area is 94.5 Å². The summed E-state index contributed by atoms with van der Waals surface area (Å²) in [6, 6.07) is 4.19. The van der Waals surface area contributed by atoms with Crippen molar-refractivity contribution < 1.29 is 27.3 Å². The first-order chi connectivity index (χ1) is 6.56. The number of carbonyl (C=O) groups is 1. The van der Waals surface area contributed by atoms with E-state index in [0.717, 1.165) is 5.56 Å². The molecule has 0 saturated heterocycles. The molecule has 1 amide bonds. The Hall–Kier alpha value is -1.13. The lowest BCUT2D eigenvalue weighted by Crippen LogP contribution is -3.00. The Morgan fingerprint density at radius 1 is 1.47 bits per heavy atom. The van der Waals surface area contributed by atoms with Gasteiger partial charge < -0.3 is 23.0 Å². The van der Waals surface area contributed by atoms with E-state index in [-0.39, 0.29) is 18.3 Å². The van der Waals surface area contributed by atoms with Crippen LogP contribution in [0.25, 0.3) is 0 Å². The van der Waals surface area contributed by atoms with Gasteiger partial charge in [-0.3, -0.25) is 4.79 Å². The van der Waals surface area contributed by atoms with Crippen molar-refractivity contribution in [2.75, 3.05) is 14.1 Å². The predicted octanol–water partition coefficient (Wildman–Crippen LogP) is -2.73. The monoisotopic (exact) mass is 232 g/mol. The molecule has 0 aliphatic heterocycles. The van der Waals surface area contributed by atoms with Crippen LogP contribution in [0.5, 0.6) is 0 Å². The van der Waals surface area contributed by atoms with Gasteiger partial charge >= 0.3 is 0 Å². The van der Waals surface area contributed by atoms with Crippen LogP contribution in [0.3, 0.4) is 0 Å². The van der Waals surface area contributed by atoms with Gasteiger partial charge in [-0.05, 0) is 18.2 Å². The van der Waals surface area contributed by atoms with Gasteiger partial charge in [0.05, 0.1) is 5.56 Å². The summed E-state index contributed by atoms with van der Waals surface area (Å²) in [4.78, 5) is 13.0. The van der Waals surface area contributed by atoms with Crippen LogP contribution in [0.4, 0.5) is 4.39 Å². The first-order valence-corrected chi connectivity index (χ1v) is 4.35. The number of quaternary nitrogens is 1. The molecule has 0 bridgehead atoms. The number of halogens is 2. The summed E-state index contributed by atoms with van der Waals surface area (Å²) in [5, 5.41) is 0. The predicted molar refractivity (Wildman–Crippen MR) is 51.0 cm³/mol. The molecular formula is C10H14ClFN2O. The van der Waals surface area contributed by atoms with Crippen molar-refractivity contribution >= 4 is 5.91 Å². The molecule has 0 aliphatic carbocycles. The Morgan fingerprint density at radius 3 is 2.53 bits per heavy atom. The summed E-state index contributed by atoms with van der Waals surface area (Å²) >= 11 is 0. The zero-order valence-electron chi connectivity index (χ0n) is 8.76. The minimum Gasteiger partial charge on any atom is -1.00 e. The Bertz CT molecular complexity index is 355. The summed E-state index contributed by atoms with van der Waals surface area (Å²) < 4.78 is 12.9. The molecule has 0 saturated carbocycles. The molecule has 0 fully saturated rings. The maximum Gasteiger partial charge on any atom is 0.253 e. The van der Waals surface area contributed by atoms with Gasteiger partial charge in [-0.1, -0.05) is 0 Å². The lowest BCUT2D eigenvalue weighted by molar-refractivity contribution is -0.386. The molecule has 84 valence electrons. The third kappa shape index (κ3) is 3.18. The third-order valence-electron chi connectivity index (χ3n) is 1.98. The molecule has 0 aliphatic rings. The normalized spacial score (nSPS) is 9.33. The minimum atomic E-state index is -0.396. The van der Waals surface area contributed by atoms with E-state index in [1.54, 1.807) is 20.2 Å². The Morgan fingerprint density at radius 2 is 2.07 bits per heavy atom. The summed E-state index contributed by atoms with van der Waals surface area (Å²) in [6.45, 7) is 0.481. The fourth-order valence-corrected chi connectivity index (χ4v) is 1.21. The van der Waals surface area contributed by atoms with Gasteiger partial charge in [-0.25, -0.2) is 4.39 Å². The largest absolute Gasteiger partial charge is 1.00 e. The molecule has 0 unspecified atom stereocenters. The zero-order chi connectivity index (χ0) is 10.7. The maximum absolute atomic E-state index is 12.9. The number of amides is 1. The van der Waals surface area contributed by atoms with Gasteiger partial charge in [0.15, 0.2) is 0 Å². The van der Waals surface area contributed by atoms with Crippen molar-refractivity contribution in [2.45, 2.75) is 6.54 Å². The molecule has 5 heteroatoms. The number of benzene rings is 1. The van der Waals surface area contributed by atoms with Crippen molar-refractivity contribution in [1.29, 1.82) is 0 Å². The van der Waals surface area contributed by atoms with E-state index in [2.05, 4.69) is 5.73 Å². The molecule has 0 heterocycles. The smallest absolute Gasteiger partial charge is 0.253 e. The maximum atomic E-state index is 12.9. The molecule has 15 heavy (non-hydrogen) atoms. The second-order valence-electron chi connectivity index (χ2n) is 3.25. The second kappa shape index (κ2) is 5.68. The van der Waals surface area contributed by atoms with E-state index in [0.29, 0.717) is 12.1 Å². The number of carbonyl (C=O) groups excluding carboxylic acids is 1. The molecule has 0 aromatic heterocycles. The molecule has 1 aromatic carbocycles. The molecule has 3 N–H and O–H groups in total. The van der Waals surface area contributed by atoms with Gasteiger partial charge in [0.2, 0.25) is 0 Å². The van der Waals surface area contributed by atoms with Crippen molar-refractivity contribution in [3.8, 4) is 0 Å². The van der Waals surface area contributed by atoms with E-state index in [4.69, 9.17) is 0 Å². The van der Waals surface area contributed by atoms with Gasteiger partial charge in [0.25, 0.3) is 5.91 Å². The van der Waals surface area contributed by atoms with Crippen LogP contribution in [-0.4, -0.2) is 24.9 Å². The van der Waals surface area contributed by atoms with Gasteiger partial charge in [0, 0.05) is 19.7 Å². The lowest BCUT2D eigenvalue weighted by atomic mass is 10.1. The molecule has 1 aromatic rings. The highest BCUT2D eigenvalue weighted by Crippen LogP contribution is 2.12. The van der Waals surface area contributed by atoms with Crippen molar-refractivity contribution in [3.63, 3.8) is 0 Å². The van der Waals surface area contributed by atoms with E-state index in [1.807, 2.05) is 0 Å². The van der Waals surface area contributed by atoms with Crippen LogP contribution in [0.2, 0.25) is 0 Å². The number of rotatable bonds is 2. The highest BCUT2D eigenvalue weighted by molar-refractivity contribution is 5.95. The topological polar surface area (TPSA) is 48.0 Å². The molecule has 0 radical (unpaired) electrons. The van der Waals surface area contributed by atoms with Crippen molar-refractivity contribution in [2.24, 2.45) is 0 Å². The Kier molecular flexibility index (Phi) is 5.25. The van der Waals surface area contributed by atoms with Crippen LogP contribution in [-0.2, 0) is 6.54 Å². The van der Waals surface area contributed by atoms with Crippen molar-refractivity contribution in [3.05, 3.63) is 35.1 Å². The van der Waals surface area contributed by atoms with Crippen LogP contribution < -0.4 is 18.1 Å². The van der Waals surface area contributed by atoms with Gasteiger partial charge in [0.1, 0.15) is 12.4 Å². The van der Waals surface area contributed by atoms with Gasteiger partial charge in [-0.2, -0.15) is 0 Å². The first-order valence-electron chi connectivity index (χ1n) is 4.35. The summed E-state index contributed by atoms with van der Waals surface area (Å²) in [5.74, 6) is -0.587. The third-order valence-corrected chi connectivity index (χ3v) is 1.98. The van der Waals surface area contributed by atoms with E-state index in [9.17, 15) is 9.18 Å². The second-order valence-corrected chi connectivity index (χ2v) is 3.25. The number of hydrogen-bond acceptors (Lipinski definition) is 1. The van der Waals surface area contributed by atoms with E-state index < -0.39 is 5.82 Å². The molecular weight excluding hydrogens is 219 g/mol.